The Morgan fingerprint density at radius 3 is 2.44 bits per heavy atom. The van der Waals surface area contributed by atoms with E-state index in [1.54, 1.807) is 0 Å². The summed E-state index contributed by atoms with van der Waals surface area (Å²) in [4.78, 5) is 11.9. The fourth-order valence-corrected chi connectivity index (χ4v) is 3.22. The highest BCUT2D eigenvalue weighted by Crippen LogP contribution is 2.25. The van der Waals surface area contributed by atoms with Gasteiger partial charge in [0.05, 0.1) is 18.7 Å². The monoisotopic (exact) mass is 331 g/mol. The molecule has 0 unspecified atom stereocenters. The predicted octanol–water partition coefficient (Wildman–Crippen LogP) is 2.78. The van der Waals surface area contributed by atoms with Gasteiger partial charge in [0.15, 0.2) is 11.5 Å². The van der Waals surface area contributed by atoms with Crippen molar-refractivity contribution in [1.82, 2.24) is 19.6 Å². The largest absolute Gasteiger partial charge is 0.378 e. The van der Waals surface area contributed by atoms with Crippen molar-refractivity contribution in [1.29, 1.82) is 0 Å². The third-order valence-corrected chi connectivity index (χ3v) is 4.49. The van der Waals surface area contributed by atoms with Gasteiger partial charge < -0.3 is 9.64 Å². The van der Waals surface area contributed by atoms with Crippen LogP contribution in [0.1, 0.15) is 0 Å². The molecule has 5 rings (SSSR count). The average molecular weight is 331 g/mol. The van der Waals surface area contributed by atoms with Crippen LogP contribution in [0.25, 0.3) is 27.9 Å². The molecule has 0 saturated carbocycles. The summed E-state index contributed by atoms with van der Waals surface area (Å²) in [5.74, 6) is 1.54. The second-order valence-electron chi connectivity index (χ2n) is 6.07. The van der Waals surface area contributed by atoms with E-state index in [1.165, 1.54) is 0 Å². The molecule has 1 saturated heterocycles. The zero-order chi connectivity index (χ0) is 16.6. The van der Waals surface area contributed by atoms with Gasteiger partial charge in [0, 0.05) is 24.0 Å². The van der Waals surface area contributed by atoms with Gasteiger partial charge in [-0.2, -0.15) is 4.52 Å². The molecule has 25 heavy (non-hydrogen) atoms. The molecule has 3 heterocycles. The minimum atomic E-state index is 0.705. The van der Waals surface area contributed by atoms with Gasteiger partial charge in [-0.1, -0.05) is 42.5 Å². The first-order valence-corrected chi connectivity index (χ1v) is 8.44. The Bertz CT molecular complexity index is 1040. The molecule has 0 bridgehead atoms. The van der Waals surface area contributed by atoms with Crippen molar-refractivity contribution in [2.24, 2.45) is 0 Å². The summed E-state index contributed by atoms with van der Waals surface area (Å²) in [6, 6.07) is 18.1. The second-order valence-corrected chi connectivity index (χ2v) is 6.07. The number of hydrogen-bond donors (Lipinski definition) is 0. The van der Waals surface area contributed by atoms with Gasteiger partial charge in [0.25, 0.3) is 0 Å². The van der Waals surface area contributed by atoms with Crippen molar-refractivity contribution in [3.05, 3.63) is 54.6 Å². The van der Waals surface area contributed by atoms with E-state index >= 15 is 0 Å². The lowest BCUT2D eigenvalue weighted by atomic mass is 10.2. The molecular formula is C19H17N5O. The van der Waals surface area contributed by atoms with Gasteiger partial charge in [0.1, 0.15) is 0 Å². The van der Waals surface area contributed by atoms with Crippen LogP contribution in [0.3, 0.4) is 0 Å². The first-order valence-electron chi connectivity index (χ1n) is 8.44. The van der Waals surface area contributed by atoms with Crippen LogP contribution in [0.4, 0.5) is 5.95 Å². The molecule has 6 nitrogen and oxygen atoms in total. The van der Waals surface area contributed by atoms with Crippen molar-refractivity contribution in [2.45, 2.75) is 0 Å². The van der Waals surface area contributed by atoms with E-state index in [4.69, 9.17) is 19.8 Å². The number of fused-ring (bicyclic) bond motifs is 3. The Morgan fingerprint density at radius 2 is 1.60 bits per heavy atom. The number of anilines is 1. The van der Waals surface area contributed by atoms with E-state index in [9.17, 15) is 0 Å². The maximum Gasteiger partial charge on any atom is 0.229 e. The van der Waals surface area contributed by atoms with Crippen molar-refractivity contribution in [3.8, 4) is 11.4 Å². The summed E-state index contributed by atoms with van der Waals surface area (Å²) >= 11 is 0. The molecule has 0 spiro atoms. The molecule has 4 aromatic rings. The number of para-hydroxylation sites is 1. The molecule has 0 radical (unpaired) electrons. The lowest BCUT2D eigenvalue weighted by molar-refractivity contribution is 0.122. The third-order valence-electron chi connectivity index (χ3n) is 4.49. The van der Waals surface area contributed by atoms with Crippen molar-refractivity contribution in [3.63, 3.8) is 0 Å². The first kappa shape index (κ1) is 14.4. The molecule has 1 fully saturated rings. The molecule has 124 valence electrons. The molecule has 2 aromatic heterocycles. The lowest BCUT2D eigenvalue weighted by Crippen LogP contribution is -2.38. The molecule has 0 atom stereocenters. The number of rotatable bonds is 2. The minimum absolute atomic E-state index is 0.705. The van der Waals surface area contributed by atoms with Crippen molar-refractivity contribution < 1.29 is 4.74 Å². The van der Waals surface area contributed by atoms with Crippen molar-refractivity contribution in [2.75, 3.05) is 31.2 Å². The van der Waals surface area contributed by atoms with Gasteiger partial charge in [-0.05, 0) is 12.1 Å². The van der Waals surface area contributed by atoms with E-state index in [0.717, 1.165) is 41.2 Å². The van der Waals surface area contributed by atoms with E-state index < -0.39 is 0 Å². The SMILES string of the molecule is c1ccc(-c2nc3c4ccccc4nc(N4CCOCC4)n3n2)cc1. The molecule has 1 aliphatic heterocycles. The van der Waals surface area contributed by atoms with Crippen LogP contribution in [0.2, 0.25) is 0 Å². The van der Waals surface area contributed by atoms with Crippen LogP contribution in [0.15, 0.2) is 54.6 Å². The topological polar surface area (TPSA) is 55.5 Å². The van der Waals surface area contributed by atoms with Crippen LogP contribution in [0.5, 0.6) is 0 Å². The summed E-state index contributed by atoms with van der Waals surface area (Å²) < 4.78 is 7.35. The average Bonchev–Trinajstić information content (AvgIpc) is 3.14. The summed E-state index contributed by atoms with van der Waals surface area (Å²) in [7, 11) is 0. The molecule has 2 aromatic carbocycles. The zero-order valence-corrected chi connectivity index (χ0v) is 13.7. The molecule has 1 aliphatic rings. The smallest absolute Gasteiger partial charge is 0.229 e. The number of hydrogen-bond acceptors (Lipinski definition) is 5. The van der Waals surface area contributed by atoms with Crippen LogP contribution in [0, 0.1) is 0 Å². The minimum Gasteiger partial charge on any atom is -0.378 e. The third kappa shape index (κ3) is 2.42. The Morgan fingerprint density at radius 1 is 0.840 bits per heavy atom. The van der Waals surface area contributed by atoms with Crippen molar-refractivity contribution >= 4 is 22.5 Å². The maximum absolute atomic E-state index is 5.48. The number of morpholine rings is 1. The van der Waals surface area contributed by atoms with Crippen LogP contribution < -0.4 is 4.90 Å². The first-order chi connectivity index (χ1) is 12.4. The number of nitrogens with zero attached hydrogens (tertiary/aromatic N) is 5. The second kappa shape index (κ2) is 5.82. The van der Waals surface area contributed by atoms with Gasteiger partial charge in [0.2, 0.25) is 5.95 Å². The van der Waals surface area contributed by atoms with Gasteiger partial charge >= 0.3 is 0 Å². The standard InChI is InChI=1S/C19H17N5O/c1-2-6-14(7-3-1)17-21-18-15-8-4-5-9-16(15)20-19(24(18)22-17)23-10-12-25-13-11-23/h1-9H,10-13H2. The lowest BCUT2D eigenvalue weighted by Gasteiger charge is -2.27. The number of ether oxygens (including phenoxy) is 1. The highest BCUT2D eigenvalue weighted by atomic mass is 16.5. The van der Waals surface area contributed by atoms with Crippen LogP contribution >= 0.6 is 0 Å². The molecule has 0 N–H and O–H groups in total. The Kier molecular flexibility index (Phi) is 3.34. The zero-order valence-electron chi connectivity index (χ0n) is 13.7. The molecule has 6 heteroatoms. The summed E-state index contributed by atoms with van der Waals surface area (Å²) in [5, 5.41) is 5.78. The fourth-order valence-electron chi connectivity index (χ4n) is 3.22. The highest BCUT2D eigenvalue weighted by molar-refractivity contribution is 5.92. The predicted molar refractivity (Wildman–Crippen MR) is 96.8 cm³/mol. The molecule has 0 aliphatic carbocycles. The van der Waals surface area contributed by atoms with E-state index in [1.807, 2.05) is 59.1 Å². The highest BCUT2D eigenvalue weighted by Gasteiger charge is 2.20. The van der Waals surface area contributed by atoms with E-state index in [0.29, 0.717) is 19.0 Å². The van der Waals surface area contributed by atoms with E-state index in [2.05, 4.69) is 4.90 Å². The summed E-state index contributed by atoms with van der Waals surface area (Å²) in [6.45, 7) is 3.02. The number of benzene rings is 2. The maximum atomic E-state index is 5.48. The molecule has 0 amide bonds. The Balaban J connectivity index is 1.78. The van der Waals surface area contributed by atoms with Gasteiger partial charge in [-0.15, -0.1) is 5.10 Å². The normalized spacial score (nSPS) is 15.1. The Hall–Kier alpha value is -2.99. The van der Waals surface area contributed by atoms with E-state index in [-0.39, 0.29) is 0 Å². The van der Waals surface area contributed by atoms with Crippen LogP contribution in [-0.2, 0) is 4.74 Å². The summed E-state index contributed by atoms with van der Waals surface area (Å²) in [6.07, 6.45) is 0. The number of aromatic nitrogens is 4. The van der Waals surface area contributed by atoms with Gasteiger partial charge in [-0.25, -0.2) is 9.97 Å². The fraction of sp³-hybridized carbons (Fsp3) is 0.211. The Labute approximate surface area is 144 Å². The van der Waals surface area contributed by atoms with Gasteiger partial charge in [-0.3, -0.25) is 0 Å². The van der Waals surface area contributed by atoms with Crippen LogP contribution in [-0.4, -0.2) is 45.9 Å². The quantitative estimate of drug-likeness (QED) is 0.565. The summed E-state index contributed by atoms with van der Waals surface area (Å²) in [5.41, 5.74) is 2.78. The molecular weight excluding hydrogens is 314 g/mol.